The number of benzene rings is 2. The zero-order chi connectivity index (χ0) is 12.4. The Bertz CT molecular complexity index is 674. The number of hydrogen-bond donors (Lipinski definition) is 0. The zero-order valence-electron chi connectivity index (χ0n) is 10.1. The first-order chi connectivity index (χ1) is 8.81. The van der Waals surface area contributed by atoms with E-state index in [1.165, 1.54) is 20.7 Å². The van der Waals surface area contributed by atoms with Crippen LogP contribution >= 0.6 is 11.8 Å². The minimum atomic E-state index is 1.05. The van der Waals surface area contributed by atoms with Crippen LogP contribution < -0.4 is 0 Å². The molecule has 0 aliphatic carbocycles. The lowest BCUT2D eigenvalue weighted by molar-refractivity contribution is 1.36. The molecule has 0 aliphatic rings. The molecule has 18 heavy (non-hydrogen) atoms. The maximum absolute atomic E-state index is 4.33. The molecule has 0 aliphatic heterocycles. The summed E-state index contributed by atoms with van der Waals surface area (Å²) in [4.78, 5) is 6.85. The Morgan fingerprint density at radius 2 is 1.67 bits per heavy atom. The van der Waals surface area contributed by atoms with E-state index in [0.717, 1.165) is 5.52 Å². The molecule has 3 rings (SSSR count). The van der Waals surface area contributed by atoms with Crippen LogP contribution in [-0.2, 0) is 0 Å². The van der Waals surface area contributed by atoms with Crippen molar-refractivity contribution >= 4 is 22.7 Å². The van der Waals surface area contributed by atoms with E-state index in [2.05, 4.69) is 60.4 Å². The van der Waals surface area contributed by atoms with Gasteiger partial charge in [0.05, 0.1) is 5.52 Å². The Morgan fingerprint density at radius 1 is 0.889 bits per heavy atom. The summed E-state index contributed by atoms with van der Waals surface area (Å²) in [6.07, 6.45) is 1.83. The van der Waals surface area contributed by atoms with Crippen LogP contribution in [-0.4, -0.2) is 4.98 Å². The fourth-order valence-corrected chi connectivity index (χ4v) is 2.73. The average Bonchev–Trinajstić information content (AvgIpc) is 2.41. The largest absolute Gasteiger partial charge is 0.256 e. The smallest absolute Gasteiger partial charge is 0.0702 e. The van der Waals surface area contributed by atoms with Gasteiger partial charge < -0.3 is 0 Å². The third-order valence-corrected chi connectivity index (χ3v) is 3.83. The Morgan fingerprint density at radius 3 is 2.50 bits per heavy atom. The second kappa shape index (κ2) is 4.83. The lowest BCUT2D eigenvalue weighted by atomic mass is 10.2. The van der Waals surface area contributed by atoms with Gasteiger partial charge in [0.25, 0.3) is 0 Å². The predicted molar refractivity (Wildman–Crippen MR) is 77.0 cm³/mol. The van der Waals surface area contributed by atoms with Crippen molar-refractivity contribution < 1.29 is 0 Å². The third-order valence-electron chi connectivity index (χ3n) is 2.83. The summed E-state index contributed by atoms with van der Waals surface area (Å²) in [5.74, 6) is 0. The molecule has 0 N–H and O–H groups in total. The summed E-state index contributed by atoms with van der Waals surface area (Å²) in [5, 5.41) is 1.19. The summed E-state index contributed by atoms with van der Waals surface area (Å²) < 4.78 is 0. The molecular weight excluding hydrogens is 238 g/mol. The first-order valence-corrected chi connectivity index (χ1v) is 6.72. The standard InChI is InChI=1S/C16H13NS/c1-12-4-6-14(7-5-12)18-15-8-9-16-13(11-15)3-2-10-17-16/h2-11H,1H3. The molecule has 1 heterocycles. The molecule has 3 aromatic rings. The van der Waals surface area contributed by atoms with Crippen LogP contribution in [0.15, 0.2) is 70.6 Å². The summed E-state index contributed by atoms with van der Waals surface area (Å²) >= 11 is 1.78. The number of pyridine rings is 1. The minimum Gasteiger partial charge on any atom is -0.256 e. The highest BCUT2D eigenvalue weighted by atomic mass is 32.2. The number of fused-ring (bicyclic) bond motifs is 1. The first kappa shape index (κ1) is 11.3. The second-order valence-electron chi connectivity index (χ2n) is 4.27. The second-order valence-corrected chi connectivity index (χ2v) is 5.42. The maximum Gasteiger partial charge on any atom is 0.0702 e. The van der Waals surface area contributed by atoms with Crippen molar-refractivity contribution in [1.29, 1.82) is 0 Å². The van der Waals surface area contributed by atoms with Crippen LogP contribution in [0.5, 0.6) is 0 Å². The van der Waals surface area contributed by atoms with E-state index in [4.69, 9.17) is 0 Å². The van der Waals surface area contributed by atoms with E-state index < -0.39 is 0 Å². The van der Waals surface area contributed by atoms with Crippen LogP contribution in [0.25, 0.3) is 10.9 Å². The van der Waals surface area contributed by atoms with Gasteiger partial charge >= 0.3 is 0 Å². The van der Waals surface area contributed by atoms with Gasteiger partial charge in [-0.3, -0.25) is 4.98 Å². The number of aromatic nitrogens is 1. The van der Waals surface area contributed by atoms with Crippen LogP contribution in [0.2, 0.25) is 0 Å². The molecule has 2 aromatic carbocycles. The quantitative estimate of drug-likeness (QED) is 0.655. The highest BCUT2D eigenvalue weighted by molar-refractivity contribution is 7.99. The molecule has 0 saturated heterocycles. The molecule has 0 saturated carbocycles. The minimum absolute atomic E-state index is 1.05. The number of aryl methyl sites for hydroxylation is 1. The van der Waals surface area contributed by atoms with Crippen LogP contribution in [0, 0.1) is 6.92 Å². The van der Waals surface area contributed by atoms with Gasteiger partial charge in [0.2, 0.25) is 0 Å². The van der Waals surface area contributed by atoms with Crippen molar-refractivity contribution in [1.82, 2.24) is 4.98 Å². The van der Waals surface area contributed by atoms with Gasteiger partial charge in [-0.05, 0) is 43.3 Å². The zero-order valence-corrected chi connectivity index (χ0v) is 10.9. The van der Waals surface area contributed by atoms with Gasteiger partial charge in [-0.15, -0.1) is 0 Å². The number of rotatable bonds is 2. The highest BCUT2D eigenvalue weighted by Crippen LogP contribution is 2.29. The van der Waals surface area contributed by atoms with Gasteiger partial charge in [-0.1, -0.05) is 35.5 Å². The van der Waals surface area contributed by atoms with Gasteiger partial charge in [0.1, 0.15) is 0 Å². The van der Waals surface area contributed by atoms with Crippen molar-refractivity contribution in [2.45, 2.75) is 16.7 Å². The lowest BCUT2D eigenvalue weighted by Crippen LogP contribution is -1.79. The Hall–Kier alpha value is -1.80. The van der Waals surface area contributed by atoms with Gasteiger partial charge in [-0.2, -0.15) is 0 Å². The molecule has 0 unspecified atom stereocenters. The topological polar surface area (TPSA) is 12.9 Å². The van der Waals surface area contributed by atoms with E-state index in [0.29, 0.717) is 0 Å². The monoisotopic (exact) mass is 251 g/mol. The predicted octanol–water partition coefficient (Wildman–Crippen LogP) is 4.69. The van der Waals surface area contributed by atoms with E-state index in [1.54, 1.807) is 11.8 Å². The van der Waals surface area contributed by atoms with Crippen molar-refractivity contribution in [2.24, 2.45) is 0 Å². The van der Waals surface area contributed by atoms with E-state index >= 15 is 0 Å². The molecule has 88 valence electrons. The Labute approximate surface area is 111 Å². The fraction of sp³-hybridized carbons (Fsp3) is 0.0625. The van der Waals surface area contributed by atoms with Crippen molar-refractivity contribution in [3.63, 3.8) is 0 Å². The maximum atomic E-state index is 4.33. The normalized spacial score (nSPS) is 10.7. The average molecular weight is 251 g/mol. The van der Waals surface area contributed by atoms with E-state index in [-0.39, 0.29) is 0 Å². The molecule has 0 spiro atoms. The molecule has 0 atom stereocenters. The summed E-state index contributed by atoms with van der Waals surface area (Å²) in [6, 6.07) is 19.1. The first-order valence-electron chi connectivity index (χ1n) is 5.90. The summed E-state index contributed by atoms with van der Waals surface area (Å²) in [5.41, 5.74) is 2.34. The molecule has 0 bridgehead atoms. The molecule has 0 amide bonds. The number of nitrogens with zero attached hydrogens (tertiary/aromatic N) is 1. The van der Waals surface area contributed by atoms with Gasteiger partial charge in [0, 0.05) is 21.4 Å². The Balaban J connectivity index is 1.92. The third kappa shape index (κ3) is 2.39. The summed E-state index contributed by atoms with van der Waals surface area (Å²) in [7, 11) is 0. The summed E-state index contributed by atoms with van der Waals surface area (Å²) in [6.45, 7) is 2.11. The molecular formula is C16H13NS. The fourth-order valence-electron chi connectivity index (χ4n) is 1.86. The lowest BCUT2D eigenvalue weighted by Gasteiger charge is -2.03. The molecule has 1 nitrogen and oxygen atoms in total. The Kier molecular flexibility index (Phi) is 3.03. The SMILES string of the molecule is Cc1ccc(Sc2ccc3ncccc3c2)cc1. The molecule has 0 radical (unpaired) electrons. The van der Waals surface area contributed by atoms with E-state index in [1.807, 2.05) is 12.3 Å². The van der Waals surface area contributed by atoms with Gasteiger partial charge in [0.15, 0.2) is 0 Å². The highest BCUT2D eigenvalue weighted by Gasteiger charge is 1.99. The van der Waals surface area contributed by atoms with E-state index in [9.17, 15) is 0 Å². The van der Waals surface area contributed by atoms with Crippen molar-refractivity contribution in [3.05, 3.63) is 66.4 Å². The van der Waals surface area contributed by atoms with Crippen LogP contribution in [0.3, 0.4) is 0 Å². The molecule has 2 heteroatoms. The number of hydrogen-bond acceptors (Lipinski definition) is 2. The van der Waals surface area contributed by atoms with Crippen molar-refractivity contribution in [3.8, 4) is 0 Å². The van der Waals surface area contributed by atoms with Crippen LogP contribution in [0.1, 0.15) is 5.56 Å². The molecule has 0 fully saturated rings. The van der Waals surface area contributed by atoms with Crippen LogP contribution in [0.4, 0.5) is 0 Å². The molecule has 1 aromatic heterocycles. The van der Waals surface area contributed by atoms with Gasteiger partial charge in [-0.25, -0.2) is 0 Å². The van der Waals surface area contributed by atoms with Crippen molar-refractivity contribution in [2.75, 3.05) is 0 Å².